The molecule has 1 amide bonds. The summed E-state index contributed by atoms with van der Waals surface area (Å²) in [5.74, 6) is 0.663. The summed E-state index contributed by atoms with van der Waals surface area (Å²) in [6.07, 6.45) is 5.01. The maximum Gasteiger partial charge on any atom is 0.274 e. The molecule has 1 fully saturated rings. The summed E-state index contributed by atoms with van der Waals surface area (Å²) >= 11 is 6.11. The number of aliphatic hydroxyl groups is 1. The van der Waals surface area contributed by atoms with Crippen molar-refractivity contribution in [2.75, 3.05) is 13.2 Å². The molecule has 1 saturated heterocycles. The van der Waals surface area contributed by atoms with Gasteiger partial charge in [0, 0.05) is 25.1 Å². The van der Waals surface area contributed by atoms with E-state index in [1.54, 1.807) is 0 Å². The second-order valence-electron chi connectivity index (χ2n) is 5.74. The minimum atomic E-state index is -0.121. The third-order valence-electron chi connectivity index (χ3n) is 3.82. The van der Waals surface area contributed by atoms with E-state index in [0.29, 0.717) is 23.0 Å². The number of likely N-dealkylation sites (tertiary alicyclic amines) is 1. The molecule has 1 aliphatic heterocycles. The SMILES string of the molecule is CC(C)c1ncc(Cl)c(C(=O)N2CCCC2CCCO)n1. The fourth-order valence-electron chi connectivity index (χ4n) is 2.68. The Morgan fingerprint density at radius 1 is 1.57 bits per heavy atom. The molecular weight excluding hydrogens is 290 g/mol. The van der Waals surface area contributed by atoms with E-state index in [1.807, 2.05) is 18.7 Å². The minimum absolute atomic E-state index is 0.121. The molecule has 21 heavy (non-hydrogen) atoms. The maximum absolute atomic E-state index is 12.7. The van der Waals surface area contributed by atoms with Gasteiger partial charge in [0.05, 0.1) is 11.2 Å². The van der Waals surface area contributed by atoms with Gasteiger partial charge in [-0.05, 0) is 25.7 Å². The van der Waals surface area contributed by atoms with Crippen LogP contribution in [0, 0.1) is 0 Å². The predicted molar refractivity (Wildman–Crippen MR) is 81.5 cm³/mol. The van der Waals surface area contributed by atoms with Gasteiger partial charge in [-0.1, -0.05) is 25.4 Å². The molecule has 5 nitrogen and oxygen atoms in total. The molecule has 2 rings (SSSR count). The number of hydrogen-bond donors (Lipinski definition) is 1. The van der Waals surface area contributed by atoms with Gasteiger partial charge in [0.1, 0.15) is 5.82 Å². The molecule has 1 aromatic rings. The van der Waals surface area contributed by atoms with Gasteiger partial charge in [0.15, 0.2) is 5.69 Å². The van der Waals surface area contributed by atoms with Crippen molar-refractivity contribution in [2.24, 2.45) is 0 Å². The molecular formula is C15H22ClN3O2. The van der Waals surface area contributed by atoms with Crippen LogP contribution in [-0.4, -0.2) is 45.1 Å². The van der Waals surface area contributed by atoms with Crippen LogP contribution in [0.4, 0.5) is 0 Å². The van der Waals surface area contributed by atoms with Gasteiger partial charge < -0.3 is 10.0 Å². The van der Waals surface area contributed by atoms with Gasteiger partial charge in [-0.3, -0.25) is 4.79 Å². The molecule has 0 radical (unpaired) electrons. The van der Waals surface area contributed by atoms with E-state index in [9.17, 15) is 4.79 Å². The first-order valence-corrected chi connectivity index (χ1v) is 7.86. The van der Waals surface area contributed by atoms with Gasteiger partial charge in [0.25, 0.3) is 5.91 Å². The van der Waals surface area contributed by atoms with Crippen LogP contribution in [0.25, 0.3) is 0 Å². The normalized spacial score (nSPS) is 18.5. The number of carbonyl (C=O) groups is 1. The molecule has 6 heteroatoms. The summed E-state index contributed by atoms with van der Waals surface area (Å²) in [4.78, 5) is 23.1. The zero-order valence-corrected chi connectivity index (χ0v) is 13.3. The van der Waals surface area contributed by atoms with E-state index >= 15 is 0 Å². The molecule has 1 N–H and O–H groups in total. The zero-order chi connectivity index (χ0) is 15.4. The number of rotatable bonds is 5. The molecule has 1 aromatic heterocycles. The fourth-order valence-corrected chi connectivity index (χ4v) is 2.85. The average molecular weight is 312 g/mol. The van der Waals surface area contributed by atoms with Crippen molar-refractivity contribution >= 4 is 17.5 Å². The molecule has 0 aromatic carbocycles. The molecule has 0 bridgehead atoms. The standard InChI is InChI=1S/C15H22ClN3O2/c1-10(2)14-17-9-12(16)13(18-14)15(21)19-7-3-5-11(19)6-4-8-20/h9-11,20H,3-8H2,1-2H3. The molecule has 0 spiro atoms. The predicted octanol–water partition coefficient (Wildman–Crippen LogP) is 2.63. The second kappa shape index (κ2) is 7.18. The fraction of sp³-hybridized carbons (Fsp3) is 0.667. The Balaban J connectivity index is 2.20. The van der Waals surface area contributed by atoms with Gasteiger partial charge in [-0.15, -0.1) is 0 Å². The lowest BCUT2D eigenvalue weighted by Gasteiger charge is -2.24. The number of aliphatic hydroxyl groups excluding tert-OH is 1. The van der Waals surface area contributed by atoms with Crippen LogP contribution < -0.4 is 0 Å². The smallest absolute Gasteiger partial charge is 0.274 e. The van der Waals surface area contributed by atoms with Gasteiger partial charge in [-0.2, -0.15) is 0 Å². The summed E-state index contributed by atoms with van der Waals surface area (Å²) < 4.78 is 0. The third kappa shape index (κ3) is 3.71. The van der Waals surface area contributed by atoms with E-state index in [4.69, 9.17) is 16.7 Å². The monoisotopic (exact) mass is 311 g/mol. The Hall–Kier alpha value is -1.20. The van der Waals surface area contributed by atoms with E-state index in [2.05, 4.69) is 9.97 Å². The van der Waals surface area contributed by atoms with Crippen LogP contribution in [0.1, 0.15) is 61.8 Å². The van der Waals surface area contributed by atoms with Crippen LogP contribution in [0.15, 0.2) is 6.20 Å². The number of nitrogens with zero attached hydrogens (tertiary/aromatic N) is 3. The Bertz CT molecular complexity index is 508. The molecule has 1 unspecified atom stereocenters. The quantitative estimate of drug-likeness (QED) is 0.907. The van der Waals surface area contributed by atoms with Crippen molar-refractivity contribution in [3.63, 3.8) is 0 Å². The highest BCUT2D eigenvalue weighted by atomic mass is 35.5. The maximum atomic E-state index is 12.7. The van der Waals surface area contributed by atoms with Crippen molar-refractivity contribution in [3.8, 4) is 0 Å². The number of hydrogen-bond acceptors (Lipinski definition) is 4. The molecule has 1 atom stereocenters. The number of aromatic nitrogens is 2. The van der Waals surface area contributed by atoms with Crippen LogP contribution in [0.2, 0.25) is 5.02 Å². The van der Waals surface area contributed by atoms with Crippen LogP contribution in [-0.2, 0) is 0 Å². The Kier molecular flexibility index (Phi) is 5.53. The zero-order valence-electron chi connectivity index (χ0n) is 12.5. The minimum Gasteiger partial charge on any atom is -0.396 e. The summed E-state index contributed by atoms with van der Waals surface area (Å²) in [5, 5.41) is 9.27. The average Bonchev–Trinajstić information content (AvgIpc) is 2.93. The first-order chi connectivity index (χ1) is 10.0. The molecule has 116 valence electrons. The Morgan fingerprint density at radius 3 is 3.00 bits per heavy atom. The molecule has 1 aliphatic rings. The van der Waals surface area contributed by atoms with E-state index in [1.165, 1.54) is 6.20 Å². The topological polar surface area (TPSA) is 66.3 Å². The first-order valence-electron chi connectivity index (χ1n) is 7.48. The lowest BCUT2D eigenvalue weighted by Crippen LogP contribution is -2.36. The number of amides is 1. The second-order valence-corrected chi connectivity index (χ2v) is 6.15. The van der Waals surface area contributed by atoms with Crippen molar-refractivity contribution in [1.29, 1.82) is 0 Å². The summed E-state index contributed by atoms with van der Waals surface area (Å²) in [7, 11) is 0. The summed E-state index contributed by atoms with van der Waals surface area (Å²) in [6, 6.07) is 0.179. The Labute approximate surface area is 130 Å². The lowest BCUT2D eigenvalue weighted by atomic mass is 10.1. The molecule has 2 heterocycles. The highest BCUT2D eigenvalue weighted by Gasteiger charge is 2.31. The van der Waals surface area contributed by atoms with Crippen molar-refractivity contribution in [1.82, 2.24) is 14.9 Å². The van der Waals surface area contributed by atoms with E-state index in [0.717, 1.165) is 25.8 Å². The summed E-state index contributed by atoms with van der Waals surface area (Å²) in [5.41, 5.74) is 0.297. The molecule has 0 saturated carbocycles. The van der Waals surface area contributed by atoms with Crippen molar-refractivity contribution < 1.29 is 9.90 Å². The first kappa shape index (κ1) is 16.2. The van der Waals surface area contributed by atoms with Gasteiger partial charge >= 0.3 is 0 Å². The third-order valence-corrected chi connectivity index (χ3v) is 4.09. The number of carbonyl (C=O) groups excluding carboxylic acids is 1. The van der Waals surface area contributed by atoms with Crippen LogP contribution in [0.3, 0.4) is 0 Å². The number of halogens is 1. The van der Waals surface area contributed by atoms with Crippen LogP contribution in [0.5, 0.6) is 0 Å². The highest BCUT2D eigenvalue weighted by Crippen LogP contribution is 2.25. The van der Waals surface area contributed by atoms with Crippen molar-refractivity contribution in [3.05, 3.63) is 22.7 Å². The van der Waals surface area contributed by atoms with E-state index < -0.39 is 0 Å². The Morgan fingerprint density at radius 2 is 2.33 bits per heavy atom. The van der Waals surface area contributed by atoms with E-state index in [-0.39, 0.29) is 24.5 Å². The molecule has 0 aliphatic carbocycles. The van der Waals surface area contributed by atoms with Gasteiger partial charge in [-0.25, -0.2) is 9.97 Å². The lowest BCUT2D eigenvalue weighted by molar-refractivity contribution is 0.0718. The largest absolute Gasteiger partial charge is 0.396 e. The van der Waals surface area contributed by atoms with Gasteiger partial charge in [0.2, 0.25) is 0 Å². The van der Waals surface area contributed by atoms with Crippen LogP contribution >= 0.6 is 11.6 Å². The van der Waals surface area contributed by atoms with Crippen molar-refractivity contribution in [2.45, 2.75) is 51.5 Å². The summed E-state index contributed by atoms with van der Waals surface area (Å²) in [6.45, 7) is 4.85. The highest BCUT2D eigenvalue weighted by molar-refractivity contribution is 6.33.